The van der Waals surface area contributed by atoms with Gasteiger partial charge in [0.15, 0.2) is 8.32 Å². The summed E-state index contributed by atoms with van der Waals surface area (Å²) in [5.41, 5.74) is 1.86. The lowest BCUT2D eigenvalue weighted by molar-refractivity contribution is 0.323. The highest BCUT2D eigenvalue weighted by Crippen LogP contribution is 2.28. The van der Waals surface area contributed by atoms with E-state index < -0.39 is 8.32 Å². The lowest BCUT2D eigenvalue weighted by Crippen LogP contribution is -2.35. The van der Waals surface area contributed by atoms with Gasteiger partial charge in [-0.2, -0.15) is 0 Å². The zero-order valence-corrected chi connectivity index (χ0v) is 12.4. The summed E-state index contributed by atoms with van der Waals surface area (Å²) in [6.45, 7) is 9.77. The third-order valence-corrected chi connectivity index (χ3v) is 6.59. The minimum atomic E-state index is -1.57. The lowest BCUT2D eigenvalue weighted by atomic mass is 10.2. The molecular weight excluding hydrogens is 224 g/mol. The van der Waals surface area contributed by atoms with Crippen LogP contribution >= 0.6 is 0 Å². The molecule has 1 rings (SSSR count). The summed E-state index contributed by atoms with van der Waals surface area (Å²) in [4.78, 5) is 0. The Bertz CT molecular complexity index is 343. The van der Waals surface area contributed by atoms with Crippen LogP contribution in [0.3, 0.4) is 0 Å². The highest BCUT2D eigenvalue weighted by atomic mass is 28.4. The van der Waals surface area contributed by atoms with E-state index in [9.17, 15) is 0 Å². The van der Waals surface area contributed by atoms with Gasteiger partial charge >= 0.3 is 0 Å². The van der Waals surface area contributed by atoms with Crippen molar-refractivity contribution in [2.75, 3.05) is 6.61 Å². The van der Waals surface area contributed by atoms with Crippen LogP contribution in [0.25, 0.3) is 6.08 Å². The maximum atomic E-state index is 5.96. The smallest absolute Gasteiger partial charge is 0.193 e. The summed E-state index contributed by atoms with van der Waals surface area (Å²) >= 11 is 0. The van der Waals surface area contributed by atoms with Crippen LogP contribution in [0.15, 0.2) is 36.4 Å². The molecule has 0 fully saturated rings. The zero-order chi connectivity index (χ0) is 12.7. The number of hydrogen-bond donors (Lipinski definition) is 0. The predicted molar refractivity (Wildman–Crippen MR) is 78.6 cm³/mol. The van der Waals surface area contributed by atoms with Crippen molar-refractivity contribution in [2.24, 2.45) is 0 Å². The maximum absolute atomic E-state index is 5.96. The summed E-state index contributed by atoms with van der Waals surface area (Å²) < 4.78 is 5.96. The van der Waals surface area contributed by atoms with Crippen molar-refractivity contribution in [2.45, 2.75) is 38.9 Å². The molecule has 1 aromatic carbocycles. The average Bonchev–Trinajstić information content (AvgIpc) is 2.30. The van der Waals surface area contributed by atoms with Crippen LogP contribution in [0.1, 0.15) is 25.8 Å². The van der Waals surface area contributed by atoms with Gasteiger partial charge in [-0.15, -0.1) is 0 Å². The van der Waals surface area contributed by atoms with Crippen molar-refractivity contribution >= 4 is 14.4 Å². The van der Waals surface area contributed by atoms with Crippen LogP contribution in [0.5, 0.6) is 0 Å². The first-order valence-electron chi connectivity index (χ1n) is 6.47. The molecule has 0 heterocycles. The first kappa shape index (κ1) is 14.2. The average molecular weight is 248 g/mol. The fourth-order valence-corrected chi connectivity index (χ4v) is 4.63. The van der Waals surface area contributed by atoms with E-state index in [1.165, 1.54) is 5.56 Å². The predicted octanol–water partition coefficient (Wildman–Crippen LogP) is 4.72. The molecule has 17 heavy (non-hydrogen) atoms. The molecule has 1 nitrogen and oxygen atoms in total. The van der Waals surface area contributed by atoms with Gasteiger partial charge in [-0.05, 0) is 31.1 Å². The Morgan fingerprint density at radius 2 is 1.82 bits per heavy atom. The second kappa shape index (κ2) is 6.77. The molecule has 94 valence electrons. The maximum Gasteiger partial charge on any atom is 0.193 e. The van der Waals surface area contributed by atoms with E-state index in [1.54, 1.807) is 0 Å². The van der Waals surface area contributed by atoms with Gasteiger partial charge in [0.1, 0.15) is 0 Å². The third-order valence-electron chi connectivity index (χ3n) is 3.17. The molecule has 0 aliphatic heterocycles. The Morgan fingerprint density at radius 3 is 2.35 bits per heavy atom. The summed E-state index contributed by atoms with van der Waals surface area (Å²) in [7, 11) is -1.57. The summed E-state index contributed by atoms with van der Waals surface area (Å²) in [5.74, 6) is 0. The Morgan fingerprint density at radius 1 is 1.18 bits per heavy atom. The number of hydrogen-bond acceptors (Lipinski definition) is 1. The molecule has 0 bridgehead atoms. The molecule has 0 aliphatic rings. The van der Waals surface area contributed by atoms with Crippen molar-refractivity contribution in [3.8, 4) is 0 Å². The Hall–Kier alpha value is -0.863. The molecule has 0 aromatic heterocycles. The number of rotatable bonds is 6. The van der Waals surface area contributed by atoms with Gasteiger partial charge < -0.3 is 4.43 Å². The van der Waals surface area contributed by atoms with E-state index in [4.69, 9.17) is 4.43 Å². The number of allylic oxidation sites excluding steroid dienone is 1. The lowest BCUT2D eigenvalue weighted by Gasteiger charge is -2.29. The van der Waals surface area contributed by atoms with E-state index >= 15 is 0 Å². The summed E-state index contributed by atoms with van der Waals surface area (Å²) in [6, 6.07) is 10.5. The molecule has 0 N–H and O–H groups in total. The molecule has 0 amide bonds. The Labute approximate surface area is 107 Å². The van der Waals surface area contributed by atoms with Gasteiger partial charge in [0.25, 0.3) is 0 Å². The van der Waals surface area contributed by atoms with E-state index in [2.05, 4.69) is 63.4 Å². The molecule has 1 unspecified atom stereocenters. The second-order valence-corrected chi connectivity index (χ2v) is 9.06. The van der Waals surface area contributed by atoms with Gasteiger partial charge in [-0.25, -0.2) is 0 Å². The molecule has 0 saturated carbocycles. The van der Waals surface area contributed by atoms with Crippen LogP contribution in [0.2, 0.25) is 18.6 Å². The molecule has 2 heteroatoms. The summed E-state index contributed by atoms with van der Waals surface area (Å²) in [5, 5.41) is 0. The molecule has 0 saturated heterocycles. The van der Waals surface area contributed by atoms with Crippen LogP contribution < -0.4 is 0 Å². The van der Waals surface area contributed by atoms with E-state index in [1.807, 2.05) is 6.07 Å². The van der Waals surface area contributed by atoms with Gasteiger partial charge in [-0.3, -0.25) is 0 Å². The van der Waals surface area contributed by atoms with E-state index in [0.717, 1.165) is 13.0 Å². The van der Waals surface area contributed by atoms with Gasteiger partial charge in [0, 0.05) is 6.61 Å². The van der Waals surface area contributed by atoms with Crippen molar-refractivity contribution in [1.82, 2.24) is 0 Å². The second-order valence-electron chi connectivity index (χ2n) is 4.82. The third kappa shape index (κ3) is 4.48. The first-order valence-corrected chi connectivity index (χ1v) is 9.46. The normalized spacial score (nSPS) is 14.1. The topological polar surface area (TPSA) is 9.23 Å². The molecule has 0 radical (unpaired) electrons. The zero-order valence-electron chi connectivity index (χ0n) is 11.4. The first-order chi connectivity index (χ1) is 8.10. The fourth-order valence-electron chi connectivity index (χ4n) is 2.13. The highest BCUT2D eigenvalue weighted by molar-refractivity contribution is 6.73. The quantitative estimate of drug-likeness (QED) is 0.662. The van der Waals surface area contributed by atoms with E-state index in [-0.39, 0.29) is 0 Å². The van der Waals surface area contributed by atoms with Crippen LogP contribution in [-0.4, -0.2) is 14.9 Å². The van der Waals surface area contributed by atoms with Gasteiger partial charge in [0.05, 0.1) is 0 Å². The molecule has 0 aliphatic carbocycles. The van der Waals surface area contributed by atoms with Crippen LogP contribution in [0.4, 0.5) is 0 Å². The molecular formula is C15H24OSi. The van der Waals surface area contributed by atoms with Crippen molar-refractivity contribution in [3.05, 3.63) is 42.0 Å². The highest BCUT2D eigenvalue weighted by Gasteiger charge is 2.29. The largest absolute Gasteiger partial charge is 0.417 e. The van der Waals surface area contributed by atoms with Crippen molar-refractivity contribution in [1.29, 1.82) is 0 Å². The molecule has 0 spiro atoms. The van der Waals surface area contributed by atoms with Crippen molar-refractivity contribution < 1.29 is 4.43 Å². The summed E-state index contributed by atoms with van der Waals surface area (Å²) in [6.07, 6.45) is 5.71. The standard InChI is InChI=1S/C15H24OSi/c1-5-15(17(3,4)16-6-2)13-12-14-10-8-7-9-11-14/h7-13,15H,5-6H2,1-4H3. The number of benzene rings is 1. The van der Waals surface area contributed by atoms with Crippen LogP contribution in [-0.2, 0) is 4.43 Å². The minimum Gasteiger partial charge on any atom is -0.417 e. The van der Waals surface area contributed by atoms with Crippen LogP contribution in [0, 0.1) is 0 Å². The van der Waals surface area contributed by atoms with Gasteiger partial charge in [-0.1, -0.05) is 55.8 Å². The van der Waals surface area contributed by atoms with Crippen molar-refractivity contribution in [3.63, 3.8) is 0 Å². The van der Waals surface area contributed by atoms with Gasteiger partial charge in [0.2, 0.25) is 0 Å². The molecule has 1 atom stereocenters. The molecule has 1 aromatic rings. The Balaban J connectivity index is 2.73. The SMILES string of the molecule is CCO[Si](C)(C)C(C=Cc1ccccc1)CC. The van der Waals surface area contributed by atoms with E-state index in [0.29, 0.717) is 5.54 Å². The minimum absolute atomic E-state index is 0.586. The monoisotopic (exact) mass is 248 g/mol. The fraction of sp³-hybridized carbons (Fsp3) is 0.467. The Kier molecular flexibility index (Phi) is 5.66.